The lowest BCUT2D eigenvalue weighted by Gasteiger charge is -2.41. The van der Waals surface area contributed by atoms with Gasteiger partial charge in [-0.15, -0.1) is 0 Å². The van der Waals surface area contributed by atoms with Crippen LogP contribution in [0.2, 0.25) is 0 Å². The summed E-state index contributed by atoms with van der Waals surface area (Å²) in [7, 11) is 0. The van der Waals surface area contributed by atoms with E-state index in [1.54, 1.807) is 18.5 Å². The molecule has 0 aliphatic carbocycles. The maximum Gasteiger partial charge on any atom is 0.471 e. The van der Waals surface area contributed by atoms with E-state index in [-0.39, 0.29) is 44.2 Å². The highest BCUT2D eigenvalue weighted by atomic mass is 32.2. The van der Waals surface area contributed by atoms with Crippen LogP contribution in [0.3, 0.4) is 0 Å². The molecule has 2 N–H and O–H groups in total. The highest BCUT2D eigenvalue weighted by Crippen LogP contribution is 2.43. The molecule has 0 bridgehead atoms. The smallest absolute Gasteiger partial charge is 0.392 e. The molecule has 13 heteroatoms. The molecule has 9 nitrogen and oxygen atoms in total. The molecule has 2 saturated heterocycles. The summed E-state index contributed by atoms with van der Waals surface area (Å²) in [5, 5.41) is 12.9. The number of ether oxygens (including phenoxy) is 2. The fourth-order valence-corrected chi connectivity index (χ4v) is 7.27. The number of nitrogens with one attached hydrogen (secondary N) is 1. The number of carbonyl (C=O) groups excluding carboxylic acids is 2. The number of alkyl halides is 3. The Balaban J connectivity index is 1.18. The van der Waals surface area contributed by atoms with Gasteiger partial charge in [-0.05, 0) is 58.9 Å². The maximum absolute atomic E-state index is 13.0. The fraction of sp³-hybridized carbons (Fsp3) is 0.351. The lowest BCUT2D eigenvalue weighted by Crippen LogP contribution is -2.50. The minimum atomic E-state index is -5.03. The number of hydrogen-bond donors (Lipinski definition) is 2. The number of benzene rings is 3. The third-order valence-corrected chi connectivity index (χ3v) is 9.95. The first-order chi connectivity index (χ1) is 24.1. The van der Waals surface area contributed by atoms with E-state index in [0.717, 1.165) is 33.4 Å². The molecule has 1 aromatic heterocycles. The van der Waals surface area contributed by atoms with E-state index in [1.165, 1.54) is 11.8 Å². The van der Waals surface area contributed by atoms with Gasteiger partial charge in [-0.25, -0.2) is 9.97 Å². The Bertz CT molecular complexity index is 1780. The molecule has 2 aliphatic heterocycles. The summed E-state index contributed by atoms with van der Waals surface area (Å²) in [4.78, 5) is 34.0. The summed E-state index contributed by atoms with van der Waals surface area (Å²) in [5.41, 5.74) is 5.09. The van der Waals surface area contributed by atoms with E-state index >= 15 is 0 Å². The number of aliphatic hydroxyl groups excluding tert-OH is 1. The van der Waals surface area contributed by atoms with Gasteiger partial charge in [0.05, 0.1) is 18.8 Å². The van der Waals surface area contributed by atoms with Gasteiger partial charge in [-0.3, -0.25) is 9.59 Å². The molecule has 0 spiro atoms. The number of likely N-dealkylation sites (tertiary alicyclic amines) is 1. The van der Waals surface area contributed by atoms with Crippen molar-refractivity contribution in [2.24, 2.45) is 5.92 Å². The van der Waals surface area contributed by atoms with Crippen molar-refractivity contribution in [1.82, 2.24) is 20.2 Å². The minimum Gasteiger partial charge on any atom is -0.392 e. The van der Waals surface area contributed by atoms with Crippen LogP contribution in [0.1, 0.15) is 54.4 Å². The van der Waals surface area contributed by atoms with Crippen molar-refractivity contribution in [3.05, 3.63) is 114 Å². The second-order valence-corrected chi connectivity index (χ2v) is 13.3. The molecule has 2 aliphatic rings. The highest BCUT2D eigenvalue weighted by Gasteiger charge is 2.47. The van der Waals surface area contributed by atoms with Gasteiger partial charge in [0.1, 0.15) is 6.04 Å². The molecule has 2 fully saturated rings. The largest absolute Gasteiger partial charge is 0.471 e. The number of carbonyl (C=O) groups is 2. The first-order valence-corrected chi connectivity index (χ1v) is 17.3. The SMILES string of the molecule is C[C@H]1[C@@H](CSc2ncccn2)O[C@@H](c2cccc(-c3cccc(CNC(=O)[C@@H]4CCCN4C(=O)C(F)(F)F)c3)c2)O[C@H]1c1ccc(CO)cc1. The number of nitrogens with zero attached hydrogens (tertiary/aromatic N) is 3. The van der Waals surface area contributed by atoms with Crippen LogP contribution in [0.5, 0.6) is 0 Å². The number of amides is 2. The van der Waals surface area contributed by atoms with E-state index in [4.69, 9.17) is 9.47 Å². The normalized spacial score (nSPS) is 22.3. The second-order valence-electron chi connectivity index (χ2n) is 12.4. The van der Waals surface area contributed by atoms with Crippen molar-refractivity contribution in [3.63, 3.8) is 0 Å². The standard InChI is InChI=1S/C37H37F3N4O5S/c1-23-31(22-50-36-41-15-5-16-42-36)48-34(49-32(23)26-13-11-24(21-45)12-14-26)29-9-3-8-28(19-29)27-7-2-6-25(18-27)20-43-33(46)30-10-4-17-44(30)35(47)37(38,39)40/h2-3,5-9,11-16,18-19,23,30-32,34,45H,4,10,17,20-22H2,1H3,(H,43,46)/t23-,30-,31+,32+,34+/m0/s1. The zero-order valence-corrected chi connectivity index (χ0v) is 28.1. The molecule has 2 amide bonds. The van der Waals surface area contributed by atoms with Gasteiger partial charge in [-0.1, -0.05) is 79.3 Å². The molecule has 4 aromatic rings. The fourth-order valence-electron chi connectivity index (χ4n) is 6.30. The predicted molar refractivity (Wildman–Crippen MR) is 180 cm³/mol. The van der Waals surface area contributed by atoms with Crippen LogP contribution in [0.4, 0.5) is 13.2 Å². The lowest BCUT2D eigenvalue weighted by molar-refractivity contribution is -0.268. The van der Waals surface area contributed by atoms with Crippen molar-refractivity contribution >= 4 is 23.6 Å². The average molecular weight is 707 g/mol. The number of hydrogen-bond acceptors (Lipinski definition) is 8. The first kappa shape index (κ1) is 35.5. The topological polar surface area (TPSA) is 114 Å². The molecule has 262 valence electrons. The summed E-state index contributed by atoms with van der Waals surface area (Å²) in [6, 6.07) is 23.7. The van der Waals surface area contributed by atoms with Crippen LogP contribution in [-0.4, -0.2) is 62.4 Å². The van der Waals surface area contributed by atoms with Gasteiger partial charge < -0.3 is 24.8 Å². The second kappa shape index (κ2) is 15.7. The maximum atomic E-state index is 13.0. The van der Waals surface area contributed by atoms with Crippen molar-refractivity contribution in [3.8, 4) is 11.1 Å². The van der Waals surface area contributed by atoms with Crippen LogP contribution >= 0.6 is 11.8 Å². The van der Waals surface area contributed by atoms with Gasteiger partial charge >= 0.3 is 12.1 Å². The number of aliphatic hydroxyl groups is 1. The number of rotatable bonds is 10. The van der Waals surface area contributed by atoms with Crippen molar-refractivity contribution < 1.29 is 37.3 Å². The van der Waals surface area contributed by atoms with E-state index < -0.39 is 30.3 Å². The number of halogens is 3. The van der Waals surface area contributed by atoms with Gasteiger partial charge in [-0.2, -0.15) is 13.2 Å². The molecule has 0 saturated carbocycles. The Morgan fingerprint density at radius 3 is 2.38 bits per heavy atom. The monoisotopic (exact) mass is 706 g/mol. The zero-order chi connectivity index (χ0) is 35.3. The van der Waals surface area contributed by atoms with Crippen LogP contribution in [0, 0.1) is 5.92 Å². The third kappa shape index (κ3) is 8.35. The van der Waals surface area contributed by atoms with Gasteiger partial charge in [0.15, 0.2) is 11.4 Å². The van der Waals surface area contributed by atoms with Crippen molar-refractivity contribution in [1.29, 1.82) is 0 Å². The van der Waals surface area contributed by atoms with E-state index in [1.807, 2.05) is 72.8 Å². The van der Waals surface area contributed by atoms with Crippen LogP contribution in [-0.2, 0) is 32.2 Å². The summed E-state index contributed by atoms with van der Waals surface area (Å²) in [5.74, 6) is -2.01. The highest BCUT2D eigenvalue weighted by molar-refractivity contribution is 7.99. The first-order valence-electron chi connectivity index (χ1n) is 16.4. The van der Waals surface area contributed by atoms with Gasteiger partial charge in [0, 0.05) is 42.7 Å². The molecule has 0 unspecified atom stereocenters. The van der Waals surface area contributed by atoms with Gasteiger partial charge in [0.25, 0.3) is 0 Å². The molecule has 0 radical (unpaired) electrons. The molecule has 3 aromatic carbocycles. The molecule has 6 rings (SSSR count). The Kier molecular flexibility index (Phi) is 11.2. The Labute approximate surface area is 292 Å². The van der Waals surface area contributed by atoms with E-state index in [9.17, 15) is 27.9 Å². The van der Waals surface area contributed by atoms with Crippen LogP contribution < -0.4 is 5.32 Å². The molecular weight excluding hydrogens is 669 g/mol. The number of aromatic nitrogens is 2. The summed E-state index contributed by atoms with van der Waals surface area (Å²) < 4.78 is 52.4. The summed E-state index contributed by atoms with van der Waals surface area (Å²) in [6.45, 7) is 2.03. The van der Waals surface area contributed by atoms with E-state index in [2.05, 4.69) is 22.2 Å². The molecular formula is C37H37F3N4O5S. The quantitative estimate of drug-likeness (QED) is 0.144. The number of thioether (sulfide) groups is 1. The molecule has 3 heterocycles. The van der Waals surface area contributed by atoms with Crippen LogP contribution in [0.25, 0.3) is 11.1 Å². The zero-order valence-electron chi connectivity index (χ0n) is 27.3. The van der Waals surface area contributed by atoms with Crippen molar-refractivity contribution in [2.45, 2.75) is 68.8 Å². The average Bonchev–Trinajstić information content (AvgIpc) is 3.63. The molecule has 5 atom stereocenters. The lowest BCUT2D eigenvalue weighted by atomic mass is 9.91. The Hall–Kier alpha value is -4.30. The minimum absolute atomic E-state index is 0.0135. The molecule has 50 heavy (non-hydrogen) atoms. The summed E-state index contributed by atoms with van der Waals surface area (Å²) >= 11 is 1.51. The Morgan fingerprint density at radius 2 is 1.66 bits per heavy atom. The summed E-state index contributed by atoms with van der Waals surface area (Å²) in [6.07, 6.45) is -2.29. The third-order valence-electron chi connectivity index (χ3n) is 8.99. The van der Waals surface area contributed by atoms with Crippen LogP contribution in [0.15, 0.2) is 96.4 Å². The predicted octanol–water partition coefficient (Wildman–Crippen LogP) is 6.39. The Morgan fingerprint density at radius 1 is 0.940 bits per heavy atom. The van der Waals surface area contributed by atoms with Gasteiger partial charge in [0.2, 0.25) is 5.91 Å². The van der Waals surface area contributed by atoms with Crippen molar-refractivity contribution in [2.75, 3.05) is 12.3 Å². The van der Waals surface area contributed by atoms with E-state index in [0.29, 0.717) is 22.2 Å².